The summed E-state index contributed by atoms with van der Waals surface area (Å²) in [4.78, 5) is 4.56. The number of para-hydroxylation sites is 1. The second kappa shape index (κ2) is 6.24. The van der Waals surface area contributed by atoms with Crippen molar-refractivity contribution < 1.29 is 9.84 Å². The van der Waals surface area contributed by atoms with Crippen molar-refractivity contribution in [3.05, 3.63) is 59.1 Å². The highest BCUT2D eigenvalue weighted by atomic mass is 32.1. The summed E-state index contributed by atoms with van der Waals surface area (Å²) >= 11 is 1.64. The highest BCUT2D eigenvalue weighted by molar-refractivity contribution is 7.18. The molecule has 2 aromatic carbocycles. The Kier molecular flexibility index (Phi) is 4.18. The van der Waals surface area contributed by atoms with Gasteiger partial charge in [-0.25, -0.2) is 4.98 Å². The van der Waals surface area contributed by atoms with Crippen molar-refractivity contribution in [1.82, 2.24) is 4.98 Å². The number of aliphatic hydroxyl groups is 1. The van der Waals surface area contributed by atoms with Gasteiger partial charge in [-0.2, -0.15) is 0 Å². The number of benzene rings is 2. The summed E-state index contributed by atoms with van der Waals surface area (Å²) in [6, 6.07) is 15.6. The molecule has 0 radical (unpaired) electrons. The Morgan fingerprint density at radius 1 is 1.14 bits per heavy atom. The minimum absolute atomic E-state index is 0.535. The Balaban J connectivity index is 1.74. The third kappa shape index (κ3) is 3.23. The zero-order chi connectivity index (χ0) is 14.7. The number of hydrogen-bond donors (Lipinski definition) is 1. The molecule has 0 spiro atoms. The number of hydrogen-bond acceptors (Lipinski definition) is 4. The van der Waals surface area contributed by atoms with E-state index in [0.717, 1.165) is 26.5 Å². The standard InChI is InChI=1S/C17H17NO2S/c1-2-20-13-9-7-12(8-10-13)15(19)11-17-18-14-5-3-4-6-16(14)21-17/h3-10,15,19H,2,11H2,1H3. The summed E-state index contributed by atoms with van der Waals surface area (Å²) in [6.07, 6.45) is -0.00547. The molecule has 0 amide bonds. The normalized spacial score (nSPS) is 12.5. The van der Waals surface area contributed by atoms with Crippen LogP contribution in [0.25, 0.3) is 10.2 Å². The SMILES string of the molecule is CCOc1ccc(C(O)Cc2nc3ccccc3s2)cc1. The van der Waals surface area contributed by atoms with Crippen molar-refractivity contribution in [2.75, 3.05) is 6.61 Å². The number of rotatable bonds is 5. The highest BCUT2D eigenvalue weighted by Crippen LogP contribution is 2.26. The average molecular weight is 299 g/mol. The fourth-order valence-electron chi connectivity index (χ4n) is 2.24. The van der Waals surface area contributed by atoms with E-state index in [1.807, 2.05) is 49.4 Å². The van der Waals surface area contributed by atoms with Crippen LogP contribution in [-0.2, 0) is 6.42 Å². The molecule has 4 heteroatoms. The lowest BCUT2D eigenvalue weighted by Gasteiger charge is -2.10. The summed E-state index contributed by atoms with van der Waals surface area (Å²) in [5, 5.41) is 11.3. The monoisotopic (exact) mass is 299 g/mol. The topological polar surface area (TPSA) is 42.4 Å². The maximum atomic E-state index is 10.3. The molecule has 1 atom stereocenters. The van der Waals surface area contributed by atoms with Gasteiger partial charge in [0.15, 0.2) is 0 Å². The van der Waals surface area contributed by atoms with Crippen LogP contribution in [0.4, 0.5) is 0 Å². The van der Waals surface area contributed by atoms with E-state index in [1.165, 1.54) is 0 Å². The minimum atomic E-state index is -0.541. The Hall–Kier alpha value is -1.91. The molecule has 3 rings (SSSR count). The smallest absolute Gasteiger partial charge is 0.119 e. The van der Waals surface area contributed by atoms with Gasteiger partial charge in [0.25, 0.3) is 0 Å². The van der Waals surface area contributed by atoms with Crippen LogP contribution in [0, 0.1) is 0 Å². The van der Waals surface area contributed by atoms with Gasteiger partial charge in [0.1, 0.15) is 5.75 Å². The van der Waals surface area contributed by atoms with Gasteiger partial charge in [0.05, 0.1) is 27.9 Å². The summed E-state index contributed by atoms with van der Waals surface area (Å²) in [5.74, 6) is 0.827. The predicted molar refractivity (Wildman–Crippen MR) is 85.9 cm³/mol. The third-order valence-electron chi connectivity index (χ3n) is 3.28. The van der Waals surface area contributed by atoms with Crippen molar-refractivity contribution in [2.24, 2.45) is 0 Å². The first-order valence-corrected chi connectivity index (χ1v) is 7.83. The molecule has 0 aliphatic heterocycles. The summed E-state index contributed by atoms with van der Waals surface area (Å²) in [5.41, 5.74) is 1.88. The largest absolute Gasteiger partial charge is 0.494 e. The van der Waals surface area contributed by atoms with Crippen LogP contribution in [0.1, 0.15) is 23.6 Å². The summed E-state index contributed by atoms with van der Waals surface area (Å²) in [7, 11) is 0. The lowest BCUT2D eigenvalue weighted by Crippen LogP contribution is -2.01. The Morgan fingerprint density at radius 2 is 1.90 bits per heavy atom. The van der Waals surface area contributed by atoms with Gasteiger partial charge in [0, 0.05) is 6.42 Å². The molecule has 21 heavy (non-hydrogen) atoms. The third-order valence-corrected chi connectivity index (χ3v) is 4.34. The van der Waals surface area contributed by atoms with E-state index in [1.54, 1.807) is 11.3 Å². The van der Waals surface area contributed by atoms with Crippen molar-refractivity contribution in [3.63, 3.8) is 0 Å². The van der Waals surface area contributed by atoms with Crippen LogP contribution in [0.2, 0.25) is 0 Å². The van der Waals surface area contributed by atoms with Gasteiger partial charge in [0.2, 0.25) is 0 Å². The number of aromatic nitrogens is 1. The lowest BCUT2D eigenvalue weighted by atomic mass is 10.1. The Labute approximate surface area is 127 Å². The molecule has 0 bridgehead atoms. The number of thiazole rings is 1. The van der Waals surface area contributed by atoms with Gasteiger partial charge in [-0.15, -0.1) is 11.3 Å². The van der Waals surface area contributed by atoms with Gasteiger partial charge in [-0.1, -0.05) is 24.3 Å². The Bertz CT molecular complexity index is 688. The molecule has 1 aromatic heterocycles. The van der Waals surface area contributed by atoms with E-state index in [-0.39, 0.29) is 0 Å². The molecule has 108 valence electrons. The van der Waals surface area contributed by atoms with Crippen LogP contribution >= 0.6 is 11.3 Å². The maximum Gasteiger partial charge on any atom is 0.119 e. The number of fused-ring (bicyclic) bond motifs is 1. The number of ether oxygens (including phenoxy) is 1. The molecule has 1 N–H and O–H groups in total. The summed E-state index contributed by atoms with van der Waals surface area (Å²) in [6.45, 7) is 2.60. The van der Waals surface area contributed by atoms with Crippen molar-refractivity contribution in [3.8, 4) is 5.75 Å². The number of aliphatic hydroxyl groups excluding tert-OH is 1. The molecule has 0 saturated heterocycles. The van der Waals surface area contributed by atoms with Crippen LogP contribution in [0.3, 0.4) is 0 Å². The average Bonchev–Trinajstić information content (AvgIpc) is 2.90. The van der Waals surface area contributed by atoms with Crippen molar-refractivity contribution in [2.45, 2.75) is 19.4 Å². The summed E-state index contributed by atoms with van der Waals surface area (Å²) < 4.78 is 6.57. The first kappa shape index (κ1) is 14.0. The second-order valence-corrected chi connectivity index (χ2v) is 5.91. The molecule has 0 saturated carbocycles. The number of nitrogens with zero attached hydrogens (tertiary/aromatic N) is 1. The fourth-order valence-corrected chi connectivity index (χ4v) is 3.25. The molecule has 0 aliphatic rings. The quantitative estimate of drug-likeness (QED) is 0.775. The zero-order valence-electron chi connectivity index (χ0n) is 11.8. The predicted octanol–water partition coefficient (Wildman–Crippen LogP) is 3.97. The molecular formula is C17H17NO2S. The van der Waals surface area contributed by atoms with Gasteiger partial charge in [-0.3, -0.25) is 0 Å². The van der Waals surface area contributed by atoms with E-state index in [0.29, 0.717) is 13.0 Å². The van der Waals surface area contributed by atoms with E-state index in [2.05, 4.69) is 11.1 Å². The molecule has 1 unspecified atom stereocenters. The van der Waals surface area contributed by atoms with Crippen molar-refractivity contribution in [1.29, 1.82) is 0 Å². The molecule has 0 aliphatic carbocycles. The fraction of sp³-hybridized carbons (Fsp3) is 0.235. The Morgan fingerprint density at radius 3 is 2.62 bits per heavy atom. The van der Waals surface area contributed by atoms with Gasteiger partial charge < -0.3 is 9.84 Å². The molecular weight excluding hydrogens is 282 g/mol. The molecule has 3 nitrogen and oxygen atoms in total. The van der Waals surface area contributed by atoms with Gasteiger partial charge in [-0.05, 0) is 36.8 Å². The van der Waals surface area contributed by atoms with Gasteiger partial charge >= 0.3 is 0 Å². The minimum Gasteiger partial charge on any atom is -0.494 e. The molecule has 1 heterocycles. The van der Waals surface area contributed by atoms with Crippen LogP contribution in [-0.4, -0.2) is 16.7 Å². The van der Waals surface area contributed by atoms with Crippen LogP contribution < -0.4 is 4.74 Å². The lowest BCUT2D eigenvalue weighted by molar-refractivity contribution is 0.178. The van der Waals surface area contributed by atoms with E-state index in [9.17, 15) is 5.11 Å². The van der Waals surface area contributed by atoms with E-state index >= 15 is 0 Å². The first-order valence-electron chi connectivity index (χ1n) is 7.01. The zero-order valence-corrected chi connectivity index (χ0v) is 12.6. The molecule has 3 aromatic rings. The second-order valence-electron chi connectivity index (χ2n) is 4.80. The van der Waals surface area contributed by atoms with Crippen LogP contribution in [0.15, 0.2) is 48.5 Å². The molecule has 0 fully saturated rings. The maximum absolute atomic E-state index is 10.3. The van der Waals surface area contributed by atoms with Crippen LogP contribution in [0.5, 0.6) is 5.75 Å². The van der Waals surface area contributed by atoms with E-state index < -0.39 is 6.10 Å². The highest BCUT2D eigenvalue weighted by Gasteiger charge is 2.12. The van der Waals surface area contributed by atoms with Crippen molar-refractivity contribution >= 4 is 21.6 Å². The van der Waals surface area contributed by atoms with E-state index in [4.69, 9.17) is 4.74 Å². The first-order chi connectivity index (χ1) is 10.3.